The predicted molar refractivity (Wildman–Crippen MR) is 90.7 cm³/mol. The zero-order valence-corrected chi connectivity index (χ0v) is 14.4. The minimum Gasteiger partial charge on any atom is -0.378 e. The monoisotopic (exact) mass is 323 g/mol. The van der Waals surface area contributed by atoms with Crippen LogP contribution in [-0.4, -0.2) is 5.54 Å². The summed E-state index contributed by atoms with van der Waals surface area (Å²) in [6.07, 6.45) is 0.986. The van der Waals surface area contributed by atoms with E-state index in [0.717, 1.165) is 21.9 Å². The van der Waals surface area contributed by atoms with Gasteiger partial charge in [-0.05, 0) is 20.3 Å². The fourth-order valence-electron chi connectivity index (χ4n) is 1.23. The van der Waals surface area contributed by atoms with Crippen LogP contribution in [0.5, 0.6) is 0 Å². The SMILES string of the molecule is CCC(C)(C)Nc1c(S)c(S)c(S)c(S)c1S. The van der Waals surface area contributed by atoms with Crippen LogP contribution >= 0.6 is 63.1 Å². The van der Waals surface area contributed by atoms with Gasteiger partial charge >= 0.3 is 0 Å². The molecule has 0 heterocycles. The van der Waals surface area contributed by atoms with Crippen molar-refractivity contribution in [2.45, 2.75) is 57.2 Å². The Morgan fingerprint density at radius 3 is 1.53 bits per heavy atom. The van der Waals surface area contributed by atoms with Gasteiger partial charge in [0.05, 0.1) is 5.69 Å². The van der Waals surface area contributed by atoms with Gasteiger partial charge in [-0.15, -0.1) is 63.1 Å². The van der Waals surface area contributed by atoms with Crippen molar-refractivity contribution in [1.29, 1.82) is 0 Å². The van der Waals surface area contributed by atoms with Crippen LogP contribution in [0.15, 0.2) is 24.5 Å². The van der Waals surface area contributed by atoms with Crippen molar-refractivity contribution in [3.8, 4) is 0 Å². The fraction of sp³-hybridized carbons (Fsp3) is 0.455. The Kier molecular flexibility index (Phi) is 5.42. The first-order valence-corrected chi connectivity index (χ1v) is 7.41. The number of anilines is 1. The summed E-state index contributed by atoms with van der Waals surface area (Å²) in [5.74, 6) is 0. The van der Waals surface area contributed by atoms with Crippen molar-refractivity contribution < 1.29 is 0 Å². The lowest BCUT2D eigenvalue weighted by molar-refractivity contribution is 0.543. The Morgan fingerprint density at radius 2 is 1.18 bits per heavy atom. The predicted octanol–water partition coefficient (Wildman–Crippen LogP) is 4.73. The van der Waals surface area contributed by atoms with Gasteiger partial charge in [-0.1, -0.05) is 6.92 Å². The molecule has 6 heteroatoms. The second-order valence-corrected chi connectivity index (χ2v) is 6.72. The molecule has 0 radical (unpaired) electrons. The number of hydrogen-bond donors (Lipinski definition) is 6. The average molecular weight is 324 g/mol. The lowest BCUT2D eigenvalue weighted by Crippen LogP contribution is -2.30. The van der Waals surface area contributed by atoms with E-state index in [9.17, 15) is 0 Å². The van der Waals surface area contributed by atoms with E-state index in [0.29, 0.717) is 14.7 Å². The first kappa shape index (κ1) is 15.8. The highest BCUT2D eigenvalue weighted by molar-refractivity contribution is 7.87. The molecule has 0 unspecified atom stereocenters. The molecular weight excluding hydrogens is 306 g/mol. The minimum absolute atomic E-state index is 0.0342. The summed E-state index contributed by atoms with van der Waals surface area (Å²) in [5.41, 5.74) is 0.823. The smallest absolute Gasteiger partial charge is 0.0639 e. The van der Waals surface area contributed by atoms with Crippen LogP contribution < -0.4 is 5.32 Å². The van der Waals surface area contributed by atoms with Crippen LogP contribution in [0, 0.1) is 0 Å². The van der Waals surface area contributed by atoms with E-state index >= 15 is 0 Å². The van der Waals surface area contributed by atoms with Crippen LogP contribution in [0.2, 0.25) is 0 Å². The van der Waals surface area contributed by atoms with Crippen molar-refractivity contribution in [3.63, 3.8) is 0 Å². The first-order valence-electron chi connectivity index (χ1n) is 5.18. The van der Waals surface area contributed by atoms with Crippen LogP contribution in [-0.2, 0) is 0 Å². The second-order valence-electron chi connectivity index (χ2n) is 4.48. The first-order chi connectivity index (χ1) is 7.71. The third-order valence-corrected chi connectivity index (χ3v) is 5.66. The highest BCUT2D eigenvalue weighted by Crippen LogP contribution is 2.43. The Bertz CT molecular complexity index is 413. The van der Waals surface area contributed by atoms with Crippen LogP contribution in [0.4, 0.5) is 5.69 Å². The van der Waals surface area contributed by atoms with E-state index in [2.05, 4.69) is 89.2 Å². The van der Waals surface area contributed by atoms with Crippen LogP contribution in [0.1, 0.15) is 27.2 Å². The highest BCUT2D eigenvalue weighted by atomic mass is 32.1. The highest BCUT2D eigenvalue weighted by Gasteiger charge is 2.21. The number of benzene rings is 1. The molecule has 1 nitrogen and oxygen atoms in total. The quantitative estimate of drug-likeness (QED) is 0.442. The van der Waals surface area contributed by atoms with Gasteiger partial charge in [0, 0.05) is 30.0 Å². The Hall–Kier alpha value is 0.770. The topological polar surface area (TPSA) is 12.0 Å². The van der Waals surface area contributed by atoms with E-state index in [1.807, 2.05) is 0 Å². The van der Waals surface area contributed by atoms with Crippen molar-refractivity contribution in [2.75, 3.05) is 5.32 Å². The summed E-state index contributed by atoms with van der Waals surface area (Å²) >= 11 is 22.1. The molecule has 1 aromatic rings. The average Bonchev–Trinajstić information content (AvgIpc) is 2.30. The maximum atomic E-state index is 4.48. The van der Waals surface area contributed by atoms with E-state index in [-0.39, 0.29) is 5.54 Å². The minimum atomic E-state index is -0.0342. The largest absolute Gasteiger partial charge is 0.378 e. The van der Waals surface area contributed by atoms with Gasteiger partial charge in [0.2, 0.25) is 0 Å². The third-order valence-electron chi connectivity index (χ3n) is 2.72. The molecule has 0 fully saturated rings. The Morgan fingerprint density at radius 1 is 0.824 bits per heavy atom. The molecule has 96 valence electrons. The Labute approximate surface area is 131 Å². The number of hydrogen-bond acceptors (Lipinski definition) is 6. The zero-order chi connectivity index (χ0) is 13.4. The normalized spacial score (nSPS) is 11.8. The lowest BCUT2D eigenvalue weighted by Gasteiger charge is -2.29. The van der Waals surface area contributed by atoms with Crippen molar-refractivity contribution in [3.05, 3.63) is 0 Å². The van der Waals surface area contributed by atoms with Gasteiger partial charge in [0.15, 0.2) is 0 Å². The molecule has 0 spiro atoms. The van der Waals surface area contributed by atoms with E-state index in [4.69, 9.17) is 0 Å². The lowest BCUT2D eigenvalue weighted by atomic mass is 10.0. The molecule has 0 aromatic heterocycles. The fourth-order valence-corrected chi connectivity index (χ4v) is 2.81. The molecule has 0 aliphatic carbocycles. The second kappa shape index (κ2) is 5.82. The van der Waals surface area contributed by atoms with Gasteiger partial charge in [-0.3, -0.25) is 0 Å². The summed E-state index contributed by atoms with van der Waals surface area (Å²) < 4.78 is 0. The van der Waals surface area contributed by atoms with Gasteiger partial charge in [0.1, 0.15) is 0 Å². The zero-order valence-electron chi connectivity index (χ0n) is 9.94. The third kappa shape index (κ3) is 3.41. The molecular formula is C11H17NS5. The molecule has 0 atom stereocenters. The van der Waals surface area contributed by atoms with Crippen LogP contribution in [0.3, 0.4) is 0 Å². The van der Waals surface area contributed by atoms with Gasteiger partial charge in [-0.2, -0.15) is 0 Å². The summed E-state index contributed by atoms with van der Waals surface area (Å²) in [4.78, 5) is 3.64. The van der Waals surface area contributed by atoms with E-state index < -0.39 is 0 Å². The van der Waals surface area contributed by atoms with Gasteiger partial charge < -0.3 is 5.32 Å². The number of rotatable bonds is 3. The molecule has 1 aromatic carbocycles. The van der Waals surface area contributed by atoms with Crippen molar-refractivity contribution in [1.82, 2.24) is 0 Å². The summed E-state index contributed by atoms with van der Waals surface area (Å²) in [5, 5.41) is 3.43. The summed E-state index contributed by atoms with van der Waals surface area (Å²) in [6, 6.07) is 0. The maximum Gasteiger partial charge on any atom is 0.0639 e. The van der Waals surface area contributed by atoms with E-state index in [1.165, 1.54) is 0 Å². The molecule has 1 rings (SSSR count). The van der Waals surface area contributed by atoms with Crippen molar-refractivity contribution >= 4 is 68.8 Å². The molecule has 0 saturated heterocycles. The number of nitrogens with one attached hydrogen (secondary N) is 1. The van der Waals surface area contributed by atoms with E-state index in [1.54, 1.807) is 0 Å². The maximum absolute atomic E-state index is 4.48. The van der Waals surface area contributed by atoms with Crippen LogP contribution in [0.25, 0.3) is 0 Å². The summed E-state index contributed by atoms with van der Waals surface area (Å²) in [7, 11) is 0. The van der Waals surface area contributed by atoms with Gasteiger partial charge in [0.25, 0.3) is 0 Å². The molecule has 0 amide bonds. The number of thiol groups is 5. The summed E-state index contributed by atoms with van der Waals surface area (Å²) in [6.45, 7) is 6.37. The molecule has 0 bridgehead atoms. The molecule has 0 aliphatic rings. The standard InChI is InChI=1S/C11H17NS5/c1-4-11(2,3)12-5-6(13)8(15)10(17)9(16)7(5)14/h12-17H,4H2,1-3H3. The van der Waals surface area contributed by atoms with Crippen molar-refractivity contribution in [2.24, 2.45) is 0 Å². The molecule has 0 saturated carbocycles. The molecule has 1 N–H and O–H groups in total. The van der Waals surface area contributed by atoms with Gasteiger partial charge in [-0.25, -0.2) is 0 Å². The molecule has 0 aliphatic heterocycles. The Balaban J connectivity index is 3.35. The molecule has 17 heavy (non-hydrogen) atoms.